The number of carbonyl (C=O) groups excluding carboxylic acids is 1. The van der Waals surface area contributed by atoms with Gasteiger partial charge < -0.3 is 9.47 Å². The number of piperazine rings is 1. The summed E-state index contributed by atoms with van der Waals surface area (Å²) in [5.74, 6) is 1.42. The maximum Gasteiger partial charge on any atom is 0.233 e. The molecule has 1 aliphatic heterocycles. The van der Waals surface area contributed by atoms with Crippen LogP contribution in [0.2, 0.25) is 0 Å². The van der Waals surface area contributed by atoms with Gasteiger partial charge in [-0.1, -0.05) is 84.6 Å². The van der Waals surface area contributed by atoms with Crippen molar-refractivity contribution in [3.63, 3.8) is 0 Å². The number of aryl methyl sites for hydroxylation is 1. The lowest BCUT2D eigenvalue weighted by atomic mass is 10.0. The molecule has 6 nitrogen and oxygen atoms in total. The predicted molar refractivity (Wildman–Crippen MR) is 137 cm³/mol. The Morgan fingerprint density at radius 2 is 1.59 bits per heavy atom. The van der Waals surface area contributed by atoms with Crippen molar-refractivity contribution in [1.29, 1.82) is 0 Å². The lowest BCUT2D eigenvalue weighted by Crippen LogP contribution is -2.48. The molecule has 4 aromatic rings. The summed E-state index contributed by atoms with van der Waals surface area (Å²) < 4.78 is 2.08. The van der Waals surface area contributed by atoms with Crippen LogP contribution in [0.4, 0.5) is 0 Å². The van der Waals surface area contributed by atoms with E-state index < -0.39 is 0 Å². The Kier molecular flexibility index (Phi) is 6.92. The van der Waals surface area contributed by atoms with Gasteiger partial charge in [0, 0.05) is 32.7 Å². The molecule has 0 radical (unpaired) electrons. The summed E-state index contributed by atoms with van der Waals surface area (Å²) in [7, 11) is 0. The monoisotopic (exact) mass is 471 g/mol. The molecule has 0 saturated carbocycles. The average molecular weight is 472 g/mol. The van der Waals surface area contributed by atoms with Gasteiger partial charge >= 0.3 is 0 Å². The number of rotatable bonds is 7. The molecule has 1 fully saturated rings. The van der Waals surface area contributed by atoms with E-state index in [1.165, 1.54) is 33.7 Å². The van der Waals surface area contributed by atoms with Gasteiger partial charge in [0.2, 0.25) is 5.91 Å². The van der Waals surface area contributed by atoms with E-state index >= 15 is 0 Å². The van der Waals surface area contributed by atoms with Crippen LogP contribution in [0.5, 0.6) is 0 Å². The molecule has 0 atom stereocenters. The molecule has 0 aliphatic carbocycles. The highest BCUT2D eigenvalue weighted by molar-refractivity contribution is 7.99. The van der Waals surface area contributed by atoms with Crippen LogP contribution in [0, 0.1) is 6.92 Å². The SMILES string of the molecule is Cc1nnc(SCC(=O)N2CCN(Cc3cccc4ccccc34)CC2)n1Cc1ccccc1. The van der Waals surface area contributed by atoms with E-state index in [2.05, 4.69) is 74.3 Å². The molecule has 1 aliphatic rings. The summed E-state index contributed by atoms with van der Waals surface area (Å²) in [6.45, 7) is 6.89. The molecule has 3 aromatic carbocycles. The fourth-order valence-corrected chi connectivity index (χ4v) is 5.35. The van der Waals surface area contributed by atoms with E-state index in [-0.39, 0.29) is 5.91 Å². The normalized spacial score (nSPS) is 14.6. The second-order valence-corrected chi connectivity index (χ2v) is 9.63. The van der Waals surface area contributed by atoms with Gasteiger partial charge in [0.25, 0.3) is 0 Å². The topological polar surface area (TPSA) is 54.3 Å². The van der Waals surface area contributed by atoms with E-state index in [4.69, 9.17) is 0 Å². The summed E-state index contributed by atoms with van der Waals surface area (Å²) >= 11 is 1.48. The van der Waals surface area contributed by atoms with Crippen molar-refractivity contribution in [3.05, 3.63) is 89.7 Å². The molecule has 5 rings (SSSR count). The number of carbonyl (C=O) groups is 1. The quantitative estimate of drug-likeness (QED) is 0.378. The number of fused-ring (bicyclic) bond motifs is 1. The van der Waals surface area contributed by atoms with E-state index in [0.717, 1.165) is 43.7 Å². The minimum Gasteiger partial charge on any atom is -0.339 e. The van der Waals surface area contributed by atoms with Gasteiger partial charge in [0.05, 0.1) is 12.3 Å². The molecule has 0 spiro atoms. The Morgan fingerprint density at radius 3 is 2.41 bits per heavy atom. The summed E-state index contributed by atoms with van der Waals surface area (Å²) in [5.41, 5.74) is 2.54. The van der Waals surface area contributed by atoms with Crippen molar-refractivity contribution < 1.29 is 4.79 Å². The van der Waals surface area contributed by atoms with Crippen molar-refractivity contribution in [2.24, 2.45) is 0 Å². The standard InChI is InChI=1S/C27H29N5OS/c1-21-28-29-27(32(21)18-22-8-3-2-4-9-22)34-20-26(33)31-16-14-30(15-17-31)19-24-12-7-11-23-10-5-6-13-25(23)24/h2-13H,14-20H2,1H3. The molecular weight excluding hydrogens is 442 g/mol. The molecule has 0 unspecified atom stereocenters. The van der Waals surface area contributed by atoms with E-state index in [1.807, 2.05) is 30.0 Å². The largest absolute Gasteiger partial charge is 0.339 e. The average Bonchev–Trinajstić information content (AvgIpc) is 3.22. The van der Waals surface area contributed by atoms with E-state index in [9.17, 15) is 4.79 Å². The molecular formula is C27H29N5OS. The zero-order valence-corrected chi connectivity index (χ0v) is 20.2. The van der Waals surface area contributed by atoms with Gasteiger partial charge in [-0.15, -0.1) is 10.2 Å². The first-order valence-electron chi connectivity index (χ1n) is 11.7. The summed E-state index contributed by atoms with van der Waals surface area (Å²) in [6.07, 6.45) is 0. The lowest BCUT2D eigenvalue weighted by molar-refractivity contribution is -0.130. The lowest BCUT2D eigenvalue weighted by Gasteiger charge is -2.35. The summed E-state index contributed by atoms with van der Waals surface area (Å²) in [5, 5.41) is 11.9. The molecule has 2 heterocycles. The highest BCUT2D eigenvalue weighted by atomic mass is 32.2. The van der Waals surface area contributed by atoms with Crippen LogP contribution in [0.3, 0.4) is 0 Å². The van der Waals surface area contributed by atoms with Crippen LogP contribution < -0.4 is 0 Å². The zero-order valence-electron chi connectivity index (χ0n) is 19.4. The molecule has 0 N–H and O–H groups in total. The van der Waals surface area contributed by atoms with Crippen molar-refractivity contribution in [1.82, 2.24) is 24.6 Å². The van der Waals surface area contributed by atoms with Gasteiger partial charge in [0.15, 0.2) is 5.16 Å². The van der Waals surface area contributed by atoms with Gasteiger partial charge in [0.1, 0.15) is 5.82 Å². The molecule has 34 heavy (non-hydrogen) atoms. The smallest absolute Gasteiger partial charge is 0.233 e. The summed E-state index contributed by atoms with van der Waals surface area (Å²) in [4.78, 5) is 17.3. The first-order valence-corrected chi connectivity index (χ1v) is 12.7. The fourth-order valence-electron chi connectivity index (χ4n) is 4.46. The second kappa shape index (κ2) is 10.4. The van der Waals surface area contributed by atoms with Gasteiger partial charge in [-0.05, 0) is 28.8 Å². The third kappa shape index (κ3) is 5.16. The Morgan fingerprint density at radius 1 is 0.853 bits per heavy atom. The highest BCUT2D eigenvalue weighted by Gasteiger charge is 2.22. The third-order valence-corrected chi connectivity index (χ3v) is 7.36. The Balaban J connectivity index is 1.14. The molecule has 0 bridgehead atoms. The van der Waals surface area contributed by atoms with Crippen molar-refractivity contribution in [3.8, 4) is 0 Å². The molecule has 1 aromatic heterocycles. The number of nitrogens with zero attached hydrogens (tertiary/aromatic N) is 5. The number of amides is 1. The zero-order chi connectivity index (χ0) is 23.3. The minimum atomic E-state index is 0.168. The predicted octanol–water partition coefficient (Wildman–Crippen LogP) is 4.22. The van der Waals surface area contributed by atoms with Gasteiger partial charge in [-0.25, -0.2) is 0 Å². The maximum absolute atomic E-state index is 12.9. The molecule has 174 valence electrons. The first kappa shape index (κ1) is 22.6. The Bertz CT molecular complexity index is 1260. The highest BCUT2D eigenvalue weighted by Crippen LogP contribution is 2.22. The Labute approximate surface area is 204 Å². The van der Waals surface area contributed by atoms with E-state index in [1.54, 1.807) is 0 Å². The van der Waals surface area contributed by atoms with Crippen LogP contribution in [0.1, 0.15) is 17.0 Å². The van der Waals surface area contributed by atoms with Crippen molar-refractivity contribution >= 4 is 28.4 Å². The Hall–Kier alpha value is -3.16. The molecule has 7 heteroatoms. The fraction of sp³-hybridized carbons (Fsp3) is 0.296. The maximum atomic E-state index is 12.9. The molecule has 1 amide bonds. The first-order chi connectivity index (χ1) is 16.7. The number of hydrogen-bond acceptors (Lipinski definition) is 5. The minimum absolute atomic E-state index is 0.168. The van der Waals surface area contributed by atoms with Crippen LogP contribution in [0.25, 0.3) is 10.8 Å². The van der Waals surface area contributed by atoms with E-state index in [0.29, 0.717) is 12.3 Å². The third-order valence-electron chi connectivity index (χ3n) is 6.41. The number of aromatic nitrogens is 3. The second-order valence-electron chi connectivity index (χ2n) is 8.69. The van der Waals surface area contributed by atoms with Crippen LogP contribution in [0.15, 0.2) is 78.0 Å². The van der Waals surface area contributed by atoms with Gasteiger partial charge in [-0.3, -0.25) is 9.69 Å². The van der Waals surface area contributed by atoms with Crippen molar-refractivity contribution in [2.75, 3.05) is 31.9 Å². The number of hydrogen-bond donors (Lipinski definition) is 0. The van der Waals surface area contributed by atoms with Crippen LogP contribution >= 0.6 is 11.8 Å². The number of benzene rings is 3. The van der Waals surface area contributed by atoms with Gasteiger partial charge in [-0.2, -0.15) is 0 Å². The van der Waals surface area contributed by atoms with Crippen LogP contribution in [-0.2, 0) is 17.9 Å². The van der Waals surface area contributed by atoms with Crippen molar-refractivity contribution in [2.45, 2.75) is 25.2 Å². The number of thioether (sulfide) groups is 1. The summed E-state index contributed by atoms with van der Waals surface area (Å²) in [6, 6.07) is 25.3. The van der Waals surface area contributed by atoms with Crippen LogP contribution in [-0.4, -0.2) is 62.4 Å². The molecule has 1 saturated heterocycles.